The third-order valence-electron chi connectivity index (χ3n) is 5.29. The van der Waals surface area contributed by atoms with Gasteiger partial charge in [-0.2, -0.15) is 9.78 Å². The first-order valence-corrected chi connectivity index (χ1v) is 9.92. The number of nitrogens with zero attached hydrogens (tertiary/aromatic N) is 6. The van der Waals surface area contributed by atoms with E-state index in [9.17, 15) is 0 Å². The summed E-state index contributed by atoms with van der Waals surface area (Å²) < 4.78 is 6.35. The van der Waals surface area contributed by atoms with E-state index in [0.29, 0.717) is 6.67 Å². The Morgan fingerprint density at radius 3 is 2.45 bits per heavy atom. The SMILES string of the molecule is C[C@@H](c1ccc(-n2cncn2)cc1)[NH+](C)Cn1nc(-c2ccccc2)n(C)c1=S. The number of hydrogen-bond donors (Lipinski definition) is 1. The molecule has 0 aliphatic rings. The lowest BCUT2D eigenvalue weighted by molar-refractivity contribution is -0.933. The molecule has 0 aliphatic heterocycles. The molecule has 0 spiro atoms. The van der Waals surface area contributed by atoms with Crippen LogP contribution in [-0.4, -0.2) is 36.2 Å². The van der Waals surface area contributed by atoms with Crippen molar-refractivity contribution in [1.29, 1.82) is 0 Å². The molecule has 2 heterocycles. The van der Waals surface area contributed by atoms with Crippen molar-refractivity contribution in [1.82, 2.24) is 29.1 Å². The summed E-state index contributed by atoms with van der Waals surface area (Å²) in [6.07, 6.45) is 3.23. The van der Waals surface area contributed by atoms with Crippen molar-refractivity contribution in [3.05, 3.63) is 77.6 Å². The van der Waals surface area contributed by atoms with Gasteiger partial charge < -0.3 is 9.47 Å². The van der Waals surface area contributed by atoms with Crippen LogP contribution in [0.5, 0.6) is 0 Å². The predicted octanol–water partition coefficient (Wildman–Crippen LogP) is 2.43. The molecule has 7 nitrogen and oxygen atoms in total. The van der Waals surface area contributed by atoms with Gasteiger partial charge in [-0.05, 0) is 31.3 Å². The van der Waals surface area contributed by atoms with Crippen molar-refractivity contribution < 1.29 is 4.90 Å². The molecule has 0 saturated carbocycles. The molecular weight excluding hydrogens is 382 g/mol. The van der Waals surface area contributed by atoms with Gasteiger partial charge in [-0.15, -0.1) is 5.10 Å². The molecule has 8 heteroatoms. The second-order valence-corrected chi connectivity index (χ2v) is 7.55. The zero-order chi connectivity index (χ0) is 20.4. The molecule has 4 aromatic rings. The van der Waals surface area contributed by atoms with Crippen LogP contribution >= 0.6 is 12.2 Å². The Morgan fingerprint density at radius 1 is 1.07 bits per heavy atom. The van der Waals surface area contributed by atoms with Gasteiger partial charge >= 0.3 is 0 Å². The third kappa shape index (κ3) is 3.90. The molecule has 0 bridgehead atoms. The Labute approximate surface area is 174 Å². The largest absolute Gasteiger partial charge is 0.313 e. The van der Waals surface area contributed by atoms with E-state index < -0.39 is 0 Å². The molecular formula is C21H24N7S+. The lowest BCUT2D eigenvalue weighted by Gasteiger charge is -2.22. The molecule has 2 aromatic carbocycles. The Bertz CT molecular complexity index is 1130. The van der Waals surface area contributed by atoms with Crippen LogP contribution in [0, 0.1) is 4.77 Å². The third-order valence-corrected chi connectivity index (χ3v) is 5.77. The molecule has 148 valence electrons. The topological polar surface area (TPSA) is 57.9 Å². The number of quaternary nitrogens is 1. The van der Waals surface area contributed by atoms with Gasteiger partial charge in [0.1, 0.15) is 18.7 Å². The van der Waals surface area contributed by atoms with Crippen molar-refractivity contribution >= 4 is 12.2 Å². The van der Waals surface area contributed by atoms with Crippen LogP contribution in [0.1, 0.15) is 18.5 Å². The fourth-order valence-electron chi connectivity index (χ4n) is 3.34. The second kappa shape index (κ2) is 8.10. The number of benzene rings is 2. The molecule has 2 atom stereocenters. The summed E-state index contributed by atoms with van der Waals surface area (Å²) in [7, 11) is 4.13. The fraction of sp³-hybridized carbons (Fsp3) is 0.238. The van der Waals surface area contributed by atoms with E-state index in [1.807, 2.05) is 34.5 Å². The number of aromatic nitrogens is 6. The highest BCUT2D eigenvalue weighted by Gasteiger charge is 2.18. The van der Waals surface area contributed by atoms with Crippen molar-refractivity contribution in [3.8, 4) is 17.1 Å². The molecule has 0 saturated heterocycles. The predicted molar refractivity (Wildman–Crippen MR) is 114 cm³/mol. The van der Waals surface area contributed by atoms with E-state index in [-0.39, 0.29) is 6.04 Å². The van der Waals surface area contributed by atoms with Crippen LogP contribution in [0.15, 0.2) is 67.3 Å². The van der Waals surface area contributed by atoms with Crippen molar-refractivity contribution in [2.75, 3.05) is 7.05 Å². The van der Waals surface area contributed by atoms with E-state index in [4.69, 9.17) is 17.3 Å². The summed E-state index contributed by atoms with van der Waals surface area (Å²) in [5.41, 5.74) is 3.31. The summed E-state index contributed by atoms with van der Waals surface area (Å²) in [6, 6.07) is 18.8. The fourth-order valence-corrected chi connectivity index (χ4v) is 3.54. The molecule has 0 amide bonds. The molecule has 2 aromatic heterocycles. The van der Waals surface area contributed by atoms with Gasteiger partial charge in [-0.1, -0.05) is 42.5 Å². The molecule has 0 aliphatic carbocycles. The Balaban J connectivity index is 1.52. The van der Waals surface area contributed by atoms with Gasteiger partial charge in [-0.25, -0.2) is 9.67 Å². The Hall–Kier alpha value is -3.10. The maximum Gasteiger partial charge on any atom is 0.202 e. The minimum Gasteiger partial charge on any atom is -0.313 e. The van der Waals surface area contributed by atoms with Crippen LogP contribution in [0.25, 0.3) is 17.1 Å². The van der Waals surface area contributed by atoms with Gasteiger partial charge in [0.05, 0.1) is 12.7 Å². The maximum atomic E-state index is 5.63. The minimum atomic E-state index is 0.281. The lowest BCUT2D eigenvalue weighted by Crippen LogP contribution is -3.08. The van der Waals surface area contributed by atoms with Gasteiger partial charge in [-0.3, -0.25) is 0 Å². The number of rotatable bonds is 6. The van der Waals surface area contributed by atoms with E-state index >= 15 is 0 Å². The van der Waals surface area contributed by atoms with Crippen molar-refractivity contribution in [2.24, 2.45) is 7.05 Å². The molecule has 29 heavy (non-hydrogen) atoms. The summed E-state index contributed by atoms with van der Waals surface area (Å²) in [6.45, 7) is 2.90. The van der Waals surface area contributed by atoms with Crippen LogP contribution < -0.4 is 4.90 Å². The van der Waals surface area contributed by atoms with Crippen LogP contribution in [0.3, 0.4) is 0 Å². The summed E-state index contributed by atoms with van der Waals surface area (Å²) in [4.78, 5) is 5.29. The van der Waals surface area contributed by atoms with Gasteiger partial charge in [0, 0.05) is 18.2 Å². The monoisotopic (exact) mass is 406 g/mol. The van der Waals surface area contributed by atoms with E-state index in [1.165, 1.54) is 16.8 Å². The summed E-state index contributed by atoms with van der Waals surface area (Å²) >= 11 is 5.63. The highest BCUT2D eigenvalue weighted by molar-refractivity contribution is 7.71. The normalized spacial score (nSPS) is 13.3. The number of hydrogen-bond acceptors (Lipinski definition) is 4. The van der Waals surface area contributed by atoms with Crippen molar-refractivity contribution in [2.45, 2.75) is 19.6 Å². The summed E-state index contributed by atoms with van der Waals surface area (Å²) in [5.74, 6) is 0.883. The second-order valence-electron chi connectivity index (χ2n) is 7.19. The minimum absolute atomic E-state index is 0.281. The number of nitrogens with one attached hydrogen (secondary N) is 1. The first-order valence-electron chi connectivity index (χ1n) is 9.51. The molecule has 4 rings (SSSR count). The molecule has 1 unspecified atom stereocenters. The molecule has 1 N–H and O–H groups in total. The molecule has 0 radical (unpaired) electrons. The van der Waals surface area contributed by atoms with E-state index in [1.54, 1.807) is 11.0 Å². The lowest BCUT2D eigenvalue weighted by atomic mass is 10.1. The first-order chi connectivity index (χ1) is 14.0. The van der Waals surface area contributed by atoms with Gasteiger partial charge in [0.2, 0.25) is 4.77 Å². The van der Waals surface area contributed by atoms with Gasteiger partial charge in [0.25, 0.3) is 0 Å². The van der Waals surface area contributed by atoms with Gasteiger partial charge in [0.15, 0.2) is 12.5 Å². The average Bonchev–Trinajstić information content (AvgIpc) is 3.39. The highest BCUT2D eigenvalue weighted by atomic mass is 32.1. The Morgan fingerprint density at radius 2 is 1.79 bits per heavy atom. The standard InChI is InChI=1S/C21H23N7S/c1-16(17-9-11-19(12-10-17)27-14-22-13-23-27)25(2)15-28-21(29)26(3)20(24-28)18-7-5-4-6-8-18/h4-14,16H,15H2,1-3H3/p+1/t16-/m0/s1. The zero-order valence-electron chi connectivity index (χ0n) is 16.7. The smallest absolute Gasteiger partial charge is 0.202 e. The van der Waals surface area contributed by atoms with Crippen molar-refractivity contribution in [3.63, 3.8) is 0 Å². The van der Waals surface area contributed by atoms with Crippen LogP contribution in [0.2, 0.25) is 0 Å². The van der Waals surface area contributed by atoms with E-state index in [2.05, 4.69) is 60.5 Å². The quantitative estimate of drug-likeness (QED) is 0.500. The molecule has 0 fully saturated rings. The maximum absolute atomic E-state index is 5.63. The van der Waals surface area contributed by atoms with E-state index in [0.717, 1.165) is 21.8 Å². The first kappa shape index (κ1) is 19.2. The Kier molecular flexibility index (Phi) is 5.37. The average molecular weight is 407 g/mol. The summed E-state index contributed by atoms with van der Waals surface area (Å²) in [5, 5.41) is 8.95. The van der Waals surface area contributed by atoms with Crippen LogP contribution in [-0.2, 0) is 13.7 Å². The van der Waals surface area contributed by atoms with Crippen LogP contribution in [0.4, 0.5) is 0 Å². The zero-order valence-corrected chi connectivity index (χ0v) is 17.5. The highest BCUT2D eigenvalue weighted by Crippen LogP contribution is 2.17.